The number of esters is 1. The summed E-state index contributed by atoms with van der Waals surface area (Å²) in [6.07, 6.45) is 0.548. The van der Waals surface area contributed by atoms with E-state index in [2.05, 4.69) is 5.16 Å². The lowest BCUT2D eigenvalue weighted by Gasteiger charge is -2.30. The molecule has 2 aromatic rings. The summed E-state index contributed by atoms with van der Waals surface area (Å²) in [6, 6.07) is 13.9. The minimum absolute atomic E-state index is 0.0252. The predicted molar refractivity (Wildman–Crippen MR) is 120 cm³/mol. The molecule has 7 nitrogen and oxygen atoms in total. The van der Waals surface area contributed by atoms with Gasteiger partial charge in [0.2, 0.25) is 11.8 Å². The fourth-order valence-corrected chi connectivity index (χ4v) is 6.47. The van der Waals surface area contributed by atoms with Gasteiger partial charge in [0, 0.05) is 22.4 Å². The quantitative estimate of drug-likeness (QED) is 0.509. The third kappa shape index (κ3) is 2.81. The van der Waals surface area contributed by atoms with Gasteiger partial charge in [0.25, 0.3) is 0 Å². The molecular formula is C25H21ClN2O5. The van der Waals surface area contributed by atoms with E-state index < -0.39 is 17.8 Å². The number of halogens is 1. The Balaban J connectivity index is 1.29. The first kappa shape index (κ1) is 20.4. The molecule has 1 saturated heterocycles. The monoisotopic (exact) mass is 464 g/mol. The van der Waals surface area contributed by atoms with Crippen LogP contribution in [0.25, 0.3) is 0 Å². The molecule has 6 atom stereocenters. The average molecular weight is 465 g/mol. The molecule has 2 bridgehead atoms. The fourth-order valence-electron chi connectivity index (χ4n) is 6.23. The van der Waals surface area contributed by atoms with Crippen molar-refractivity contribution >= 4 is 40.8 Å². The van der Waals surface area contributed by atoms with Gasteiger partial charge in [-0.15, -0.1) is 0 Å². The summed E-state index contributed by atoms with van der Waals surface area (Å²) in [7, 11) is 0. The van der Waals surface area contributed by atoms with Crippen molar-refractivity contribution in [3.63, 3.8) is 0 Å². The molecule has 2 heterocycles. The number of carbonyl (C=O) groups excluding carboxylic acids is 3. The van der Waals surface area contributed by atoms with E-state index >= 15 is 0 Å². The van der Waals surface area contributed by atoms with Crippen LogP contribution in [-0.4, -0.2) is 36.2 Å². The van der Waals surface area contributed by atoms with Crippen molar-refractivity contribution in [2.45, 2.75) is 19.4 Å². The Morgan fingerprint density at radius 2 is 1.76 bits per heavy atom. The molecular weight excluding hydrogens is 444 g/mol. The number of amides is 2. The van der Waals surface area contributed by atoms with E-state index in [1.54, 1.807) is 31.2 Å². The van der Waals surface area contributed by atoms with Crippen LogP contribution in [0, 0.1) is 29.6 Å². The zero-order valence-electron chi connectivity index (χ0n) is 17.8. The third-order valence-corrected chi connectivity index (χ3v) is 7.81. The molecule has 0 radical (unpaired) electrons. The molecule has 0 aromatic heterocycles. The number of anilines is 1. The molecule has 2 aliphatic carbocycles. The van der Waals surface area contributed by atoms with Gasteiger partial charge in [-0.2, -0.15) is 0 Å². The molecule has 8 heteroatoms. The number of rotatable bonds is 4. The average Bonchev–Trinajstić information content (AvgIpc) is 3.55. The number of oxime groups is 1. The largest absolute Gasteiger partial charge is 0.462 e. The molecule has 2 amide bonds. The highest BCUT2D eigenvalue weighted by Gasteiger charge is 2.70. The standard InChI is InChI=1S/C25H21ClN2O5/c1-2-32-25(31)12-7-9-13(10-8-12)28-23(29)18-15-11-16(19(18)24(28)30)22-20(15)21(27-33-22)14-5-3-4-6-17(14)26/h3-10,15-16,18-20,22H,2,11H2,1H3/t15-,16-,18+,19-,20-,22-/m1/s1. The number of imide groups is 1. The van der Waals surface area contributed by atoms with E-state index in [-0.39, 0.29) is 42.3 Å². The molecule has 2 aliphatic heterocycles. The Labute approximate surface area is 195 Å². The summed E-state index contributed by atoms with van der Waals surface area (Å²) in [6.45, 7) is 2.02. The summed E-state index contributed by atoms with van der Waals surface area (Å²) in [5, 5.41) is 4.93. The summed E-state index contributed by atoms with van der Waals surface area (Å²) < 4.78 is 5.01. The number of ether oxygens (including phenoxy) is 1. The van der Waals surface area contributed by atoms with Crippen molar-refractivity contribution in [1.29, 1.82) is 0 Å². The van der Waals surface area contributed by atoms with Crippen LogP contribution in [0.2, 0.25) is 5.02 Å². The number of carbonyl (C=O) groups is 3. The van der Waals surface area contributed by atoms with Gasteiger partial charge in [-0.25, -0.2) is 4.79 Å². The number of fused-ring (bicyclic) bond motifs is 8. The van der Waals surface area contributed by atoms with Gasteiger partial charge in [0.15, 0.2) is 0 Å². The molecule has 6 rings (SSSR count). The minimum atomic E-state index is -0.436. The smallest absolute Gasteiger partial charge is 0.338 e. The first-order valence-electron chi connectivity index (χ1n) is 11.1. The Morgan fingerprint density at radius 3 is 2.45 bits per heavy atom. The van der Waals surface area contributed by atoms with E-state index in [1.165, 1.54) is 4.90 Å². The fraction of sp³-hybridized carbons (Fsp3) is 0.360. The molecule has 0 unspecified atom stereocenters. The molecule has 3 fully saturated rings. The van der Waals surface area contributed by atoms with Crippen molar-refractivity contribution in [3.8, 4) is 0 Å². The van der Waals surface area contributed by atoms with Gasteiger partial charge in [-0.3, -0.25) is 14.5 Å². The summed E-state index contributed by atoms with van der Waals surface area (Å²) in [4.78, 5) is 46.0. The molecule has 33 heavy (non-hydrogen) atoms. The second kappa shape index (κ2) is 7.42. The van der Waals surface area contributed by atoms with Crippen molar-refractivity contribution in [2.75, 3.05) is 11.5 Å². The van der Waals surface area contributed by atoms with Crippen molar-refractivity contribution < 1.29 is 24.0 Å². The maximum Gasteiger partial charge on any atom is 0.338 e. The van der Waals surface area contributed by atoms with Crippen molar-refractivity contribution in [3.05, 3.63) is 64.7 Å². The lowest BCUT2D eigenvalue weighted by Crippen LogP contribution is -2.41. The van der Waals surface area contributed by atoms with Crippen LogP contribution in [-0.2, 0) is 19.2 Å². The van der Waals surface area contributed by atoms with Crippen LogP contribution in [0.15, 0.2) is 53.7 Å². The first-order valence-corrected chi connectivity index (χ1v) is 11.5. The SMILES string of the molecule is CCOC(=O)c1ccc(N2C(=O)[C@@H]3[C@H]4C[C@@H]([C@@H]5C(c6ccccc6Cl)=NO[C@H]45)[C@@H]3C2=O)cc1. The molecule has 0 spiro atoms. The van der Waals surface area contributed by atoms with E-state index in [0.717, 1.165) is 17.7 Å². The second-order valence-corrected chi connectivity index (χ2v) is 9.35. The zero-order chi connectivity index (χ0) is 22.9. The van der Waals surface area contributed by atoms with Crippen LogP contribution in [0.3, 0.4) is 0 Å². The molecule has 4 aliphatic rings. The van der Waals surface area contributed by atoms with Crippen molar-refractivity contribution in [1.82, 2.24) is 0 Å². The van der Waals surface area contributed by atoms with Gasteiger partial charge in [-0.05, 0) is 49.6 Å². The molecule has 0 N–H and O–H groups in total. The van der Waals surface area contributed by atoms with Crippen LogP contribution in [0.5, 0.6) is 0 Å². The number of nitrogens with zero attached hydrogens (tertiary/aromatic N) is 2. The van der Waals surface area contributed by atoms with E-state index in [9.17, 15) is 14.4 Å². The normalized spacial score (nSPS) is 31.3. The lowest BCUT2D eigenvalue weighted by atomic mass is 9.71. The Kier molecular flexibility index (Phi) is 4.59. The van der Waals surface area contributed by atoms with Gasteiger partial charge in [0.05, 0.1) is 35.4 Å². The van der Waals surface area contributed by atoms with Crippen LogP contribution < -0.4 is 4.90 Å². The Bertz CT molecular complexity index is 1210. The summed E-state index contributed by atoms with van der Waals surface area (Å²) >= 11 is 6.42. The number of benzene rings is 2. The van der Waals surface area contributed by atoms with E-state index in [0.29, 0.717) is 16.3 Å². The van der Waals surface area contributed by atoms with Gasteiger partial charge < -0.3 is 9.57 Å². The van der Waals surface area contributed by atoms with Crippen LogP contribution in [0.1, 0.15) is 29.3 Å². The lowest BCUT2D eigenvalue weighted by molar-refractivity contribution is -0.125. The topological polar surface area (TPSA) is 85.3 Å². The van der Waals surface area contributed by atoms with Crippen molar-refractivity contribution in [2.24, 2.45) is 34.7 Å². The number of hydrogen-bond donors (Lipinski definition) is 0. The highest BCUT2D eigenvalue weighted by Crippen LogP contribution is 2.62. The first-order chi connectivity index (χ1) is 16.0. The minimum Gasteiger partial charge on any atom is -0.462 e. The van der Waals surface area contributed by atoms with Gasteiger partial charge in [0.1, 0.15) is 6.10 Å². The van der Waals surface area contributed by atoms with Crippen LogP contribution >= 0.6 is 11.6 Å². The van der Waals surface area contributed by atoms with Gasteiger partial charge >= 0.3 is 5.97 Å². The second-order valence-electron chi connectivity index (χ2n) is 8.95. The predicted octanol–water partition coefficient (Wildman–Crippen LogP) is 3.69. The molecule has 2 saturated carbocycles. The highest BCUT2D eigenvalue weighted by molar-refractivity contribution is 6.34. The number of hydrogen-bond acceptors (Lipinski definition) is 6. The Morgan fingerprint density at radius 1 is 1.06 bits per heavy atom. The maximum absolute atomic E-state index is 13.5. The third-order valence-electron chi connectivity index (χ3n) is 7.48. The molecule has 2 aromatic carbocycles. The summed E-state index contributed by atoms with van der Waals surface area (Å²) in [5.41, 5.74) is 2.44. The molecule has 168 valence electrons. The van der Waals surface area contributed by atoms with Crippen LogP contribution in [0.4, 0.5) is 5.69 Å². The zero-order valence-corrected chi connectivity index (χ0v) is 18.6. The van der Waals surface area contributed by atoms with E-state index in [1.807, 2.05) is 24.3 Å². The maximum atomic E-state index is 13.5. The Hall–Kier alpha value is -3.19. The highest BCUT2D eigenvalue weighted by atomic mass is 35.5. The van der Waals surface area contributed by atoms with E-state index in [4.69, 9.17) is 21.2 Å². The van der Waals surface area contributed by atoms with Gasteiger partial charge in [-0.1, -0.05) is 35.0 Å². The summed E-state index contributed by atoms with van der Waals surface area (Å²) in [5.74, 6) is -1.78.